The lowest BCUT2D eigenvalue weighted by Gasteiger charge is -2.18. The lowest BCUT2D eigenvalue weighted by atomic mass is 10.1. The van der Waals surface area contributed by atoms with Crippen molar-refractivity contribution in [3.05, 3.63) is 60.6 Å². The molecule has 0 radical (unpaired) electrons. The van der Waals surface area contributed by atoms with E-state index < -0.39 is 22.3 Å². The minimum Gasteiger partial charge on any atom is -0.744 e. The van der Waals surface area contributed by atoms with Crippen LogP contribution in [0.1, 0.15) is 5.56 Å². The Morgan fingerprint density at radius 2 is 1.81 bits per heavy atom. The van der Waals surface area contributed by atoms with Gasteiger partial charge in [0, 0.05) is 29.6 Å². The fourth-order valence-corrected chi connectivity index (χ4v) is 2.68. The maximum absolute atomic E-state index is 10.9. The molecule has 2 rings (SSSR count). The van der Waals surface area contributed by atoms with Gasteiger partial charge in [0.05, 0.1) is 4.90 Å². The number of carbonyl (C=O) groups is 1. The van der Waals surface area contributed by atoms with E-state index >= 15 is 0 Å². The molecule has 1 aromatic carbocycles. The van der Waals surface area contributed by atoms with Crippen LogP contribution < -0.4 is 15.6 Å². The zero-order chi connectivity index (χ0) is 19.3. The molecule has 0 aliphatic carbocycles. The predicted molar refractivity (Wildman–Crippen MR) is 90.5 cm³/mol. The van der Waals surface area contributed by atoms with Gasteiger partial charge in [0.1, 0.15) is 10.1 Å². The van der Waals surface area contributed by atoms with Crippen LogP contribution in [0.15, 0.2) is 59.9 Å². The van der Waals surface area contributed by atoms with Crippen molar-refractivity contribution in [3.63, 3.8) is 0 Å². The molecule has 0 amide bonds. The Kier molecular flexibility index (Phi) is 5.93. The highest BCUT2D eigenvalue weighted by Gasteiger charge is 2.15. The van der Waals surface area contributed by atoms with E-state index in [1.165, 1.54) is 35.3 Å². The van der Waals surface area contributed by atoms with Crippen LogP contribution in [-0.2, 0) is 21.5 Å². The van der Waals surface area contributed by atoms with E-state index in [4.69, 9.17) is 10.8 Å². The highest BCUT2D eigenvalue weighted by atomic mass is 32.2. The van der Waals surface area contributed by atoms with Gasteiger partial charge in [0.15, 0.2) is 18.6 Å². The molecule has 9 nitrogen and oxygen atoms in total. The number of aliphatic hydroxyl groups is 1. The van der Waals surface area contributed by atoms with Crippen LogP contribution in [-0.4, -0.2) is 35.4 Å². The average Bonchev–Trinajstić information content (AvgIpc) is 2.56. The molecule has 1 atom stereocenters. The average molecular weight is 379 g/mol. The molecule has 2 aromatic rings. The molecule has 1 unspecified atom stereocenters. The molecule has 0 aliphatic rings. The standard InChI is InChI=1S/C16H17N3O6S/c17-9-14(11-5-7-19(8-6-11)10-15(20)21)16(22)18-12-1-3-13(4-2-12)26(23,24)25/h1-9,16-18,22H,10H2,(H2,20,21,23,24,25). The minimum absolute atomic E-state index is 0.197. The maximum Gasteiger partial charge on any atom is 0.370 e. The number of hydrogen-bond donors (Lipinski definition) is 4. The summed E-state index contributed by atoms with van der Waals surface area (Å²) in [7, 11) is -4.54. The molecular formula is C16H17N3O6S. The number of aromatic nitrogens is 1. The Bertz CT molecular complexity index is 908. The van der Waals surface area contributed by atoms with E-state index in [0.717, 1.165) is 12.1 Å². The monoisotopic (exact) mass is 379 g/mol. The number of nitrogens with one attached hydrogen (secondary N) is 1. The van der Waals surface area contributed by atoms with Crippen molar-refractivity contribution in [2.24, 2.45) is 5.73 Å². The lowest BCUT2D eigenvalue weighted by Crippen LogP contribution is -2.37. The number of hydrogen-bond acceptors (Lipinski definition) is 7. The van der Waals surface area contributed by atoms with Crippen molar-refractivity contribution < 1.29 is 32.5 Å². The molecule has 26 heavy (non-hydrogen) atoms. The smallest absolute Gasteiger partial charge is 0.370 e. The lowest BCUT2D eigenvalue weighted by molar-refractivity contribution is -0.685. The highest BCUT2D eigenvalue weighted by molar-refractivity contribution is 7.85. The number of anilines is 1. The van der Waals surface area contributed by atoms with Gasteiger partial charge in [-0.05, 0) is 29.8 Å². The normalized spacial score (nSPS) is 13.2. The van der Waals surface area contributed by atoms with Crippen LogP contribution in [0.5, 0.6) is 0 Å². The van der Waals surface area contributed by atoms with Gasteiger partial charge in [-0.3, -0.25) is 0 Å². The van der Waals surface area contributed by atoms with Crippen molar-refractivity contribution >= 4 is 27.3 Å². The van der Waals surface area contributed by atoms with Crippen LogP contribution in [0.3, 0.4) is 0 Å². The number of carboxylic acid groups (broad SMARTS) is 1. The number of nitrogens with two attached hydrogens (primary N) is 1. The largest absolute Gasteiger partial charge is 0.744 e. The van der Waals surface area contributed by atoms with Crippen molar-refractivity contribution in [1.29, 1.82) is 0 Å². The fraction of sp³-hybridized carbons (Fsp3) is 0.125. The van der Waals surface area contributed by atoms with Gasteiger partial charge >= 0.3 is 5.97 Å². The fourth-order valence-electron chi connectivity index (χ4n) is 2.21. The number of aliphatic hydroxyl groups excluding tert-OH is 1. The highest BCUT2D eigenvalue weighted by Crippen LogP contribution is 2.20. The predicted octanol–water partition coefficient (Wildman–Crippen LogP) is -0.307. The topological polar surface area (TPSA) is 157 Å². The summed E-state index contributed by atoms with van der Waals surface area (Å²) in [6.45, 7) is -0.197. The molecule has 10 heteroatoms. The second-order valence-electron chi connectivity index (χ2n) is 5.30. The Labute approximate surface area is 149 Å². The summed E-state index contributed by atoms with van der Waals surface area (Å²) < 4.78 is 34.2. The first-order valence-electron chi connectivity index (χ1n) is 7.34. The van der Waals surface area contributed by atoms with Gasteiger partial charge in [0.25, 0.3) is 0 Å². The summed E-state index contributed by atoms with van der Waals surface area (Å²) in [6.07, 6.45) is 3.05. The summed E-state index contributed by atoms with van der Waals surface area (Å²) in [5.41, 5.74) is 6.84. The third-order valence-electron chi connectivity index (χ3n) is 3.46. The SMILES string of the molecule is N/C=C(/c1cc[n+](CC(=O)O)cc1)C(O)Nc1ccc(S(=O)(=O)[O-])cc1. The summed E-state index contributed by atoms with van der Waals surface area (Å²) >= 11 is 0. The van der Waals surface area contributed by atoms with Crippen LogP contribution in [0.25, 0.3) is 5.57 Å². The van der Waals surface area contributed by atoms with Crippen molar-refractivity contribution in [2.75, 3.05) is 5.32 Å². The molecule has 5 N–H and O–H groups in total. The molecule has 0 saturated heterocycles. The molecule has 1 aromatic heterocycles. The van der Waals surface area contributed by atoms with E-state index in [-0.39, 0.29) is 11.4 Å². The maximum atomic E-state index is 10.9. The second-order valence-corrected chi connectivity index (χ2v) is 6.68. The van der Waals surface area contributed by atoms with Gasteiger partial charge in [-0.25, -0.2) is 13.2 Å². The van der Waals surface area contributed by atoms with E-state index in [0.29, 0.717) is 16.8 Å². The molecule has 138 valence electrons. The molecule has 0 fully saturated rings. The number of nitrogens with zero attached hydrogens (tertiary/aromatic N) is 1. The molecule has 0 aliphatic heterocycles. The summed E-state index contributed by atoms with van der Waals surface area (Å²) in [5, 5.41) is 21.8. The van der Waals surface area contributed by atoms with Gasteiger partial charge < -0.3 is 25.8 Å². The summed E-state index contributed by atoms with van der Waals surface area (Å²) in [5.74, 6) is -0.984. The molecule has 1 heterocycles. The third kappa shape index (κ3) is 5.02. The number of rotatable bonds is 7. The van der Waals surface area contributed by atoms with Gasteiger partial charge in [-0.2, -0.15) is 4.57 Å². The number of pyridine rings is 1. The first-order valence-corrected chi connectivity index (χ1v) is 8.75. The minimum atomic E-state index is -4.54. The van der Waals surface area contributed by atoms with Gasteiger partial charge in [0.2, 0.25) is 6.54 Å². The number of carboxylic acids is 1. The van der Waals surface area contributed by atoms with E-state index in [1.807, 2.05) is 0 Å². The van der Waals surface area contributed by atoms with E-state index in [9.17, 15) is 22.9 Å². The van der Waals surface area contributed by atoms with Crippen LogP contribution in [0, 0.1) is 0 Å². The molecular weight excluding hydrogens is 362 g/mol. The zero-order valence-corrected chi connectivity index (χ0v) is 14.3. The van der Waals surface area contributed by atoms with Crippen LogP contribution in [0.2, 0.25) is 0 Å². The first-order chi connectivity index (χ1) is 12.2. The Morgan fingerprint density at radius 3 is 2.27 bits per heavy atom. The van der Waals surface area contributed by atoms with Gasteiger partial charge in [-0.1, -0.05) is 0 Å². The van der Waals surface area contributed by atoms with E-state index in [2.05, 4.69) is 5.32 Å². The summed E-state index contributed by atoms with van der Waals surface area (Å²) in [4.78, 5) is 10.3. The third-order valence-corrected chi connectivity index (χ3v) is 4.31. The molecule has 0 spiro atoms. The summed E-state index contributed by atoms with van der Waals surface area (Å²) in [6, 6.07) is 8.13. The quantitative estimate of drug-likeness (QED) is 0.290. The van der Waals surface area contributed by atoms with E-state index in [1.54, 1.807) is 12.1 Å². The molecule has 0 saturated carbocycles. The van der Waals surface area contributed by atoms with Crippen LogP contribution >= 0.6 is 0 Å². The zero-order valence-electron chi connectivity index (χ0n) is 13.4. The van der Waals surface area contributed by atoms with Crippen molar-refractivity contribution in [2.45, 2.75) is 17.7 Å². The molecule has 0 bridgehead atoms. The number of aliphatic carboxylic acids is 1. The van der Waals surface area contributed by atoms with Crippen molar-refractivity contribution in [3.8, 4) is 0 Å². The Morgan fingerprint density at radius 1 is 1.23 bits per heavy atom. The second kappa shape index (κ2) is 7.95. The van der Waals surface area contributed by atoms with Crippen molar-refractivity contribution in [1.82, 2.24) is 0 Å². The van der Waals surface area contributed by atoms with Gasteiger partial charge in [-0.15, -0.1) is 0 Å². The first kappa shape index (κ1) is 19.4. The Balaban J connectivity index is 2.13. The number of benzene rings is 1. The van der Waals surface area contributed by atoms with Crippen LogP contribution in [0.4, 0.5) is 5.69 Å². The Hall–Kier alpha value is -2.95.